The van der Waals surface area contributed by atoms with Gasteiger partial charge >= 0.3 is 0 Å². The van der Waals surface area contributed by atoms with Crippen molar-refractivity contribution >= 4 is 28.4 Å². The van der Waals surface area contributed by atoms with Gasteiger partial charge in [-0.2, -0.15) is 0 Å². The van der Waals surface area contributed by atoms with Crippen molar-refractivity contribution in [1.29, 1.82) is 0 Å². The maximum absolute atomic E-state index is 11.7. The van der Waals surface area contributed by atoms with E-state index in [9.17, 15) is 4.79 Å². The molecule has 0 heterocycles. The third-order valence-corrected chi connectivity index (χ3v) is 3.93. The summed E-state index contributed by atoms with van der Waals surface area (Å²) in [5.74, 6) is 0.521. The fourth-order valence-corrected chi connectivity index (χ4v) is 2.66. The molecule has 0 N–H and O–H groups in total. The number of carbonyl (C=O) groups excluding carboxylic acids is 1. The van der Waals surface area contributed by atoms with E-state index in [1.54, 1.807) is 0 Å². The number of hydrogen-bond donors (Lipinski definition) is 0. The van der Waals surface area contributed by atoms with Gasteiger partial charge in [0.25, 0.3) is 0 Å². The predicted octanol–water partition coefficient (Wildman–Crippen LogP) is 3.74. The van der Waals surface area contributed by atoms with E-state index >= 15 is 0 Å². The van der Waals surface area contributed by atoms with Crippen molar-refractivity contribution in [2.75, 3.05) is 4.43 Å². The number of Topliss-reactive ketones (excluding diaryl/α,β-unsaturated/α-hetero) is 1. The molecule has 0 spiro atoms. The fraction of sp³-hybridized carbons (Fsp3) is 0.909. The molecule has 2 heteroatoms. The van der Waals surface area contributed by atoms with E-state index in [4.69, 9.17) is 0 Å². The van der Waals surface area contributed by atoms with Gasteiger partial charge in [0.05, 0.1) is 0 Å². The number of hydrogen-bond acceptors (Lipinski definition) is 1. The highest BCUT2D eigenvalue weighted by molar-refractivity contribution is 14.1. The first kappa shape index (κ1) is 11.5. The highest BCUT2D eigenvalue weighted by Gasteiger charge is 2.33. The van der Waals surface area contributed by atoms with Crippen LogP contribution in [0.15, 0.2) is 0 Å². The van der Waals surface area contributed by atoms with Crippen molar-refractivity contribution in [1.82, 2.24) is 0 Å². The Balaban J connectivity index is 2.38. The molecule has 0 aromatic rings. The van der Waals surface area contributed by atoms with Crippen LogP contribution in [0.1, 0.15) is 51.9 Å². The van der Waals surface area contributed by atoms with Gasteiger partial charge in [0.2, 0.25) is 0 Å². The second-order valence-electron chi connectivity index (χ2n) is 4.34. The third kappa shape index (κ3) is 3.22. The van der Waals surface area contributed by atoms with Crippen LogP contribution in [0.4, 0.5) is 0 Å². The van der Waals surface area contributed by atoms with Gasteiger partial charge < -0.3 is 0 Å². The summed E-state index contributed by atoms with van der Waals surface area (Å²) in [6.45, 7) is 2.17. The van der Waals surface area contributed by atoms with E-state index in [1.165, 1.54) is 23.7 Å². The van der Waals surface area contributed by atoms with Crippen LogP contribution in [-0.2, 0) is 4.79 Å². The molecule has 0 radical (unpaired) electrons. The summed E-state index contributed by atoms with van der Waals surface area (Å²) in [7, 11) is 0. The number of rotatable bonds is 4. The van der Waals surface area contributed by atoms with Crippen molar-refractivity contribution < 1.29 is 4.79 Å². The van der Waals surface area contributed by atoms with Crippen LogP contribution in [-0.4, -0.2) is 10.2 Å². The van der Waals surface area contributed by atoms with E-state index in [1.807, 2.05) is 0 Å². The standard InChI is InChI=1S/C11H19IO/c1-11(8-4-5-9-12)7-3-2-6-10(11)13/h2-9H2,1H3. The van der Waals surface area contributed by atoms with Crippen LogP contribution < -0.4 is 0 Å². The summed E-state index contributed by atoms with van der Waals surface area (Å²) < 4.78 is 1.22. The maximum atomic E-state index is 11.7. The summed E-state index contributed by atoms with van der Waals surface area (Å²) >= 11 is 2.41. The molecule has 1 atom stereocenters. The average molecular weight is 294 g/mol. The lowest BCUT2D eigenvalue weighted by Crippen LogP contribution is -2.31. The number of carbonyl (C=O) groups is 1. The average Bonchev–Trinajstić information content (AvgIpc) is 2.11. The van der Waals surface area contributed by atoms with Crippen molar-refractivity contribution in [3.63, 3.8) is 0 Å². The predicted molar refractivity (Wildman–Crippen MR) is 64.3 cm³/mol. The SMILES string of the molecule is CC1(CCCCI)CCCCC1=O. The van der Waals surface area contributed by atoms with Crippen LogP contribution in [0, 0.1) is 5.41 Å². The molecule has 76 valence electrons. The molecule has 1 aliphatic rings. The first-order chi connectivity index (χ1) is 6.19. The van der Waals surface area contributed by atoms with Crippen molar-refractivity contribution in [3.8, 4) is 0 Å². The van der Waals surface area contributed by atoms with Gasteiger partial charge in [-0.25, -0.2) is 0 Å². The lowest BCUT2D eigenvalue weighted by molar-refractivity contribution is -0.130. The number of halogens is 1. The van der Waals surface area contributed by atoms with Crippen LogP contribution in [0.5, 0.6) is 0 Å². The van der Waals surface area contributed by atoms with E-state index in [2.05, 4.69) is 29.5 Å². The third-order valence-electron chi connectivity index (χ3n) is 3.17. The Bertz CT molecular complexity index is 179. The molecule has 0 aromatic heterocycles. The van der Waals surface area contributed by atoms with Crippen LogP contribution in [0.2, 0.25) is 0 Å². The van der Waals surface area contributed by atoms with Crippen molar-refractivity contribution in [3.05, 3.63) is 0 Å². The monoisotopic (exact) mass is 294 g/mol. The second kappa shape index (κ2) is 5.32. The Hall–Kier alpha value is 0.400. The van der Waals surface area contributed by atoms with Gasteiger partial charge in [-0.05, 0) is 30.1 Å². The summed E-state index contributed by atoms with van der Waals surface area (Å²) in [4.78, 5) is 11.7. The Morgan fingerprint density at radius 2 is 2.15 bits per heavy atom. The minimum absolute atomic E-state index is 0.0457. The Morgan fingerprint density at radius 3 is 2.77 bits per heavy atom. The number of alkyl halides is 1. The summed E-state index contributed by atoms with van der Waals surface area (Å²) in [5.41, 5.74) is 0.0457. The van der Waals surface area contributed by atoms with Crippen LogP contribution in [0.25, 0.3) is 0 Å². The van der Waals surface area contributed by atoms with E-state index in [0.717, 1.165) is 25.7 Å². The molecule has 1 aliphatic carbocycles. The molecule has 1 rings (SSSR count). The molecule has 1 nitrogen and oxygen atoms in total. The summed E-state index contributed by atoms with van der Waals surface area (Å²) in [6, 6.07) is 0. The zero-order chi connectivity index (χ0) is 9.73. The second-order valence-corrected chi connectivity index (χ2v) is 5.42. The van der Waals surface area contributed by atoms with Gasteiger partial charge in [0, 0.05) is 11.8 Å². The molecule has 0 aliphatic heterocycles. The normalized spacial score (nSPS) is 29.2. The first-order valence-electron chi connectivity index (χ1n) is 5.28. The van der Waals surface area contributed by atoms with E-state index in [-0.39, 0.29) is 5.41 Å². The summed E-state index contributed by atoms with van der Waals surface area (Å²) in [6.07, 6.45) is 7.96. The quantitative estimate of drug-likeness (QED) is 0.438. The zero-order valence-corrected chi connectivity index (χ0v) is 10.6. The smallest absolute Gasteiger partial charge is 0.138 e. The lowest BCUT2D eigenvalue weighted by Gasteiger charge is -2.31. The molecule has 0 amide bonds. The van der Waals surface area contributed by atoms with Crippen LogP contribution >= 0.6 is 22.6 Å². The fourth-order valence-electron chi connectivity index (χ4n) is 2.12. The van der Waals surface area contributed by atoms with Gasteiger partial charge in [-0.15, -0.1) is 0 Å². The Morgan fingerprint density at radius 1 is 1.38 bits per heavy atom. The highest BCUT2D eigenvalue weighted by atomic mass is 127. The molecule has 13 heavy (non-hydrogen) atoms. The molecular formula is C11H19IO. The summed E-state index contributed by atoms with van der Waals surface area (Å²) in [5, 5.41) is 0. The minimum atomic E-state index is 0.0457. The molecule has 0 bridgehead atoms. The Labute approximate surface area is 94.8 Å². The van der Waals surface area contributed by atoms with Crippen LogP contribution in [0.3, 0.4) is 0 Å². The van der Waals surface area contributed by atoms with Gasteiger partial charge in [0.1, 0.15) is 5.78 Å². The largest absolute Gasteiger partial charge is 0.299 e. The van der Waals surface area contributed by atoms with Gasteiger partial charge in [0.15, 0.2) is 0 Å². The minimum Gasteiger partial charge on any atom is -0.299 e. The van der Waals surface area contributed by atoms with Crippen molar-refractivity contribution in [2.45, 2.75) is 51.9 Å². The molecule has 1 fully saturated rings. The maximum Gasteiger partial charge on any atom is 0.138 e. The van der Waals surface area contributed by atoms with E-state index in [0.29, 0.717) is 5.78 Å². The van der Waals surface area contributed by atoms with Crippen molar-refractivity contribution in [2.24, 2.45) is 5.41 Å². The topological polar surface area (TPSA) is 17.1 Å². The molecule has 0 saturated heterocycles. The molecule has 1 unspecified atom stereocenters. The zero-order valence-electron chi connectivity index (χ0n) is 8.44. The Kier molecular flexibility index (Phi) is 4.70. The van der Waals surface area contributed by atoms with Gasteiger partial charge in [-0.1, -0.05) is 42.4 Å². The molecule has 1 saturated carbocycles. The van der Waals surface area contributed by atoms with Gasteiger partial charge in [-0.3, -0.25) is 4.79 Å². The highest BCUT2D eigenvalue weighted by Crippen LogP contribution is 2.37. The first-order valence-corrected chi connectivity index (χ1v) is 6.81. The number of unbranched alkanes of at least 4 members (excludes halogenated alkanes) is 1. The van der Waals surface area contributed by atoms with E-state index < -0.39 is 0 Å². The molecule has 0 aromatic carbocycles. The molecular weight excluding hydrogens is 275 g/mol. The number of ketones is 1. The lowest BCUT2D eigenvalue weighted by atomic mass is 9.71.